The first-order valence-electron chi connectivity index (χ1n) is 6.80. The molecule has 20 heavy (non-hydrogen) atoms. The van der Waals surface area contributed by atoms with E-state index in [-0.39, 0.29) is 10.8 Å². The van der Waals surface area contributed by atoms with Gasteiger partial charge in [0.2, 0.25) is 10.0 Å². The van der Waals surface area contributed by atoms with E-state index >= 15 is 0 Å². The maximum atomic E-state index is 12.3. The van der Waals surface area contributed by atoms with E-state index in [1.807, 2.05) is 20.8 Å². The van der Waals surface area contributed by atoms with Gasteiger partial charge in [0.1, 0.15) is 0 Å². The molecule has 0 saturated carbocycles. The van der Waals surface area contributed by atoms with Crippen molar-refractivity contribution in [3.05, 3.63) is 29.3 Å². The molecule has 0 aromatic heterocycles. The molecule has 1 aromatic carbocycles. The summed E-state index contributed by atoms with van der Waals surface area (Å²) in [4.78, 5) is 14.1. The zero-order valence-corrected chi connectivity index (χ0v) is 13.0. The van der Waals surface area contributed by atoms with Crippen molar-refractivity contribution in [1.82, 2.24) is 4.90 Å². The van der Waals surface area contributed by atoms with Crippen LogP contribution in [0.25, 0.3) is 0 Å². The second-order valence-corrected chi connectivity index (χ2v) is 6.14. The van der Waals surface area contributed by atoms with Crippen LogP contribution >= 0.6 is 0 Å². The molecule has 0 fully saturated rings. The first-order valence-corrected chi connectivity index (χ1v) is 8.34. The first kappa shape index (κ1) is 16.7. The Kier molecular flexibility index (Phi) is 5.71. The average molecular weight is 298 g/mol. The molecular weight excluding hydrogens is 276 g/mol. The van der Waals surface area contributed by atoms with Crippen LogP contribution in [0.2, 0.25) is 0 Å². The number of nitrogens with zero attached hydrogens (tertiary/aromatic N) is 1. The Hall–Kier alpha value is -1.40. The Morgan fingerprint density at radius 1 is 1.25 bits per heavy atom. The summed E-state index contributed by atoms with van der Waals surface area (Å²) >= 11 is 0. The molecule has 2 N–H and O–H groups in total. The highest BCUT2D eigenvalue weighted by atomic mass is 32.2. The predicted octanol–water partition coefficient (Wildman–Crippen LogP) is 1.77. The van der Waals surface area contributed by atoms with Crippen LogP contribution < -0.4 is 5.14 Å². The number of aryl methyl sites for hydroxylation is 1. The van der Waals surface area contributed by atoms with E-state index in [1.54, 1.807) is 17.0 Å². The third-order valence-corrected chi connectivity index (χ3v) is 4.16. The number of hydrogen-bond donors (Lipinski definition) is 1. The third kappa shape index (κ3) is 3.80. The average Bonchev–Trinajstić information content (AvgIpc) is 2.42. The number of benzene rings is 1. The number of amides is 1. The SMILES string of the molecule is CCCN(CC)C(=O)c1ccc(CC)c(S(N)(=O)=O)c1. The molecule has 6 heteroatoms. The van der Waals surface area contributed by atoms with Gasteiger partial charge in [-0.15, -0.1) is 0 Å². The first-order chi connectivity index (χ1) is 9.35. The lowest BCUT2D eigenvalue weighted by molar-refractivity contribution is 0.0764. The quantitative estimate of drug-likeness (QED) is 0.869. The molecule has 0 saturated heterocycles. The summed E-state index contributed by atoms with van der Waals surface area (Å²) in [5, 5.41) is 5.22. The number of sulfonamides is 1. The van der Waals surface area contributed by atoms with E-state index < -0.39 is 10.0 Å². The minimum absolute atomic E-state index is 0.0402. The maximum Gasteiger partial charge on any atom is 0.253 e. The van der Waals surface area contributed by atoms with E-state index in [0.29, 0.717) is 30.6 Å². The summed E-state index contributed by atoms with van der Waals surface area (Å²) in [7, 11) is -3.82. The molecule has 1 amide bonds. The molecule has 0 aliphatic carbocycles. The van der Waals surface area contributed by atoms with Crippen molar-refractivity contribution in [2.75, 3.05) is 13.1 Å². The number of carbonyl (C=O) groups excluding carboxylic acids is 1. The molecular formula is C14H22N2O3S. The highest BCUT2D eigenvalue weighted by Gasteiger charge is 2.19. The second-order valence-electron chi connectivity index (χ2n) is 4.61. The van der Waals surface area contributed by atoms with Gasteiger partial charge in [-0.3, -0.25) is 4.79 Å². The van der Waals surface area contributed by atoms with Gasteiger partial charge >= 0.3 is 0 Å². The van der Waals surface area contributed by atoms with E-state index in [1.165, 1.54) is 6.07 Å². The van der Waals surface area contributed by atoms with Gasteiger partial charge in [-0.05, 0) is 37.5 Å². The molecule has 1 rings (SSSR count). The largest absolute Gasteiger partial charge is 0.339 e. The monoisotopic (exact) mass is 298 g/mol. The topological polar surface area (TPSA) is 80.5 Å². The molecule has 0 atom stereocenters. The molecule has 0 aliphatic heterocycles. The van der Waals surface area contributed by atoms with Crippen molar-refractivity contribution < 1.29 is 13.2 Å². The highest BCUT2D eigenvalue weighted by molar-refractivity contribution is 7.89. The smallest absolute Gasteiger partial charge is 0.253 e. The normalized spacial score (nSPS) is 11.4. The van der Waals surface area contributed by atoms with Gasteiger partial charge in [0.15, 0.2) is 0 Å². The van der Waals surface area contributed by atoms with Gasteiger partial charge in [-0.1, -0.05) is 19.9 Å². The molecule has 1 aromatic rings. The zero-order valence-electron chi connectivity index (χ0n) is 12.2. The number of nitrogens with two attached hydrogens (primary N) is 1. The standard InChI is InChI=1S/C14H22N2O3S/c1-4-9-16(6-3)14(17)12-8-7-11(5-2)13(10-12)20(15,18)19/h7-8,10H,4-6,9H2,1-3H3,(H2,15,18,19). The van der Waals surface area contributed by atoms with Gasteiger partial charge in [0.05, 0.1) is 4.90 Å². The van der Waals surface area contributed by atoms with Crippen LogP contribution in [0.1, 0.15) is 43.1 Å². The summed E-state index contributed by atoms with van der Waals surface area (Å²) < 4.78 is 23.2. The molecule has 0 heterocycles. The second kappa shape index (κ2) is 6.85. The Morgan fingerprint density at radius 2 is 1.90 bits per heavy atom. The van der Waals surface area contributed by atoms with Crippen LogP contribution in [0, 0.1) is 0 Å². The van der Waals surface area contributed by atoms with Crippen LogP contribution in [-0.2, 0) is 16.4 Å². The number of hydrogen-bond acceptors (Lipinski definition) is 3. The lowest BCUT2D eigenvalue weighted by Gasteiger charge is -2.20. The zero-order chi connectivity index (χ0) is 15.3. The van der Waals surface area contributed by atoms with Crippen molar-refractivity contribution in [1.29, 1.82) is 0 Å². The van der Waals surface area contributed by atoms with E-state index in [4.69, 9.17) is 5.14 Å². The lowest BCUT2D eigenvalue weighted by atomic mass is 10.1. The Morgan fingerprint density at radius 3 is 2.35 bits per heavy atom. The predicted molar refractivity (Wildman–Crippen MR) is 79.1 cm³/mol. The molecule has 0 bridgehead atoms. The summed E-state index contributed by atoms with van der Waals surface area (Å²) in [6.07, 6.45) is 1.40. The van der Waals surface area contributed by atoms with Crippen LogP contribution in [0.3, 0.4) is 0 Å². The minimum Gasteiger partial charge on any atom is -0.339 e. The third-order valence-electron chi connectivity index (χ3n) is 3.16. The summed E-state index contributed by atoms with van der Waals surface area (Å²) in [5.74, 6) is -0.165. The highest BCUT2D eigenvalue weighted by Crippen LogP contribution is 2.18. The lowest BCUT2D eigenvalue weighted by Crippen LogP contribution is -2.31. The molecule has 5 nitrogen and oxygen atoms in total. The fraction of sp³-hybridized carbons (Fsp3) is 0.500. The summed E-state index contributed by atoms with van der Waals surface area (Å²) in [6.45, 7) is 6.98. The fourth-order valence-electron chi connectivity index (χ4n) is 2.10. The van der Waals surface area contributed by atoms with Crippen LogP contribution in [-0.4, -0.2) is 32.3 Å². The van der Waals surface area contributed by atoms with Crippen molar-refractivity contribution in [2.24, 2.45) is 5.14 Å². The van der Waals surface area contributed by atoms with E-state index in [9.17, 15) is 13.2 Å². The van der Waals surface area contributed by atoms with E-state index in [0.717, 1.165) is 6.42 Å². The van der Waals surface area contributed by atoms with Crippen LogP contribution in [0.15, 0.2) is 23.1 Å². The van der Waals surface area contributed by atoms with Gasteiger partial charge in [0.25, 0.3) is 5.91 Å². The van der Waals surface area contributed by atoms with Gasteiger partial charge < -0.3 is 4.90 Å². The van der Waals surface area contributed by atoms with Crippen LogP contribution in [0.4, 0.5) is 0 Å². The van der Waals surface area contributed by atoms with Crippen molar-refractivity contribution in [3.63, 3.8) is 0 Å². The molecule has 0 radical (unpaired) electrons. The van der Waals surface area contributed by atoms with Gasteiger partial charge in [0, 0.05) is 18.7 Å². The van der Waals surface area contributed by atoms with Gasteiger partial charge in [-0.25, -0.2) is 13.6 Å². The minimum atomic E-state index is -3.82. The Balaban J connectivity index is 3.24. The maximum absolute atomic E-state index is 12.3. The van der Waals surface area contributed by atoms with Gasteiger partial charge in [-0.2, -0.15) is 0 Å². The Labute approximate surface area is 120 Å². The van der Waals surface area contributed by atoms with Crippen molar-refractivity contribution >= 4 is 15.9 Å². The number of primary sulfonamides is 1. The van der Waals surface area contributed by atoms with Crippen LogP contribution in [0.5, 0.6) is 0 Å². The molecule has 0 aliphatic rings. The summed E-state index contributed by atoms with van der Waals surface area (Å²) in [6, 6.07) is 4.70. The van der Waals surface area contributed by atoms with Crippen molar-refractivity contribution in [3.8, 4) is 0 Å². The summed E-state index contributed by atoms with van der Waals surface area (Å²) in [5.41, 5.74) is 0.990. The Bertz CT molecular complexity index is 582. The fourth-order valence-corrected chi connectivity index (χ4v) is 2.97. The van der Waals surface area contributed by atoms with E-state index in [2.05, 4.69) is 0 Å². The number of carbonyl (C=O) groups is 1. The molecule has 0 spiro atoms. The molecule has 0 unspecified atom stereocenters. The van der Waals surface area contributed by atoms with Crippen molar-refractivity contribution in [2.45, 2.75) is 38.5 Å². The number of rotatable bonds is 6. The molecule has 112 valence electrons.